The minimum Gasteiger partial charge on any atom is -0.497 e. The molecule has 25 heavy (non-hydrogen) atoms. The second kappa shape index (κ2) is 8.18. The van der Waals surface area contributed by atoms with Crippen LogP contribution in [-0.4, -0.2) is 55.3 Å². The van der Waals surface area contributed by atoms with Gasteiger partial charge in [-0.15, -0.1) is 0 Å². The molecule has 0 saturated carbocycles. The zero-order valence-electron chi connectivity index (χ0n) is 14.8. The highest BCUT2D eigenvalue weighted by atomic mass is 16.5. The summed E-state index contributed by atoms with van der Waals surface area (Å²) in [5.74, 6) is 0.668. The molecule has 1 fully saturated rings. The molecule has 0 radical (unpaired) electrons. The maximum absolute atomic E-state index is 12.5. The molecule has 1 aromatic heterocycles. The molecule has 1 aromatic carbocycles. The number of carbonyl (C=O) groups excluding carboxylic acids is 1. The van der Waals surface area contributed by atoms with Crippen LogP contribution in [0, 0.1) is 0 Å². The van der Waals surface area contributed by atoms with E-state index in [-0.39, 0.29) is 11.9 Å². The number of ether oxygens (including phenoxy) is 2. The Morgan fingerprint density at radius 1 is 1.24 bits per heavy atom. The van der Waals surface area contributed by atoms with Crippen LogP contribution in [-0.2, 0) is 11.8 Å². The number of carbonyl (C=O) groups is 1. The summed E-state index contributed by atoms with van der Waals surface area (Å²) in [6.45, 7) is 3.76. The van der Waals surface area contributed by atoms with Crippen molar-refractivity contribution < 1.29 is 14.3 Å². The van der Waals surface area contributed by atoms with E-state index in [1.54, 1.807) is 31.4 Å². The third-order valence-corrected chi connectivity index (χ3v) is 4.62. The van der Waals surface area contributed by atoms with Crippen LogP contribution in [0.2, 0.25) is 0 Å². The highest BCUT2D eigenvalue weighted by Gasteiger charge is 2.25. The fraction of sp³-hybridized carbons (Fsp3) is 0.421. The first-order chi connectivity index (χ1) is 12.2. The fourth-order valence-corrected chi connectivity index (χ4v) is 3.16. The SMILES string of the molecule is COc1ccc(C(=O)NCC(c2cccn2C)N2CCOCC2)cc1. The number of amides is 1. The molecule has 1 aliphatic heterocycles. The predicted molar refractivity (Wildman–Crippen MR) is 95.9 cm³/mol. The van der Waals surface area contributed by atoms with Gasteiger partial charge in [-0.25, -0.2) is 0 Å². The number of aromatic nitrogens is 1. The first-order valence-electron chi connectivity index (χ1n) is 8.54. The van der Waals surface area contributed by atoms with Gasteiger partial charge in [-0.05, 0) is 36.4 Å². The number of benzene rings is 1. The van der Waals surface area contributed by atoms with E-state index in [4.69, 9.17) is 9.47 Å². The first-order valence-corrected chi connectivity index (χ1v) is 8.54. The molecule has 3 rings (SSSR count). The molecular formula is C19H25N3O3. The summed E-state index contributed by atoms with van der Waals surface area (Å²) in [7, 11) is 3.65. The van der Waals surface area contributed by atoms with E-state index >= 15 is 0 Å². The average Bonchev–Trinajstić information content (AvgIpc) is 3.08. The van der Waals surface area contributed by atoms with E-state index in [2.05, 4.69) is 20.9 Å². The molecule has 0 aliphatic carbocycles. The largest absolute Gasteiger partial charge is 0.497 e. The standard InChI is InChI=1S/C19H25N3O3/c1-21-9-3-4-17(21)18(22-10-12-25-13-11-22)14-20-19(23)15-5-7-16(24-2)8-6-15/h3-9,18H,10-14H2,1-2H3,(H,20,23). The van der Waals surface area contributed by atoms with Crippen molar-refractivity contribution in [2.24, 2.45) is 7.05 Å². The molecule has 1 atom stereocenters. The number of methoxy groups -OCH3 is 1. The van der Waals surface area contributed by atoms with Gasteiger partial charge in [0.1, 0.15) is 5.75 Å². The molecule has 1 amide bonds. The lowest BCUT2D eigenvalue weighted by Gasteiger charge is -2.35. The van der Waals surface area contributed by atoms with Crippen LogP contribution < -0.4 is 10.1 Å². The molecule has 1 N–H and O–H groups in total. The predicted octanol–water partition coefficient (Wildman–Crippen LogP) is 1.84. The maximum Gasteiger partial charge on any atom is 0.251 e. The van der Waals surface area contributed by atoms with Crippen molar-refractivity contribution in [2.45, 2.75) is 6.04 Å². The molecular weight excluding hydrogens is 318 g/mol. The van der Waals surface area contributed by atoms with Crippen molar-refractivity contribution in [1.29, 1.82) is 0 Å². The molecule has 134 valence electrons. The van der Waals surface area contributed by atoms with E-state index in [9.17, 15) is 4.79 Å². The van der Waals surface area contributed by atoms with Crippen LogP contribution in [0.3, 0.4) is 0 Å². The molecule has 2 heterocycles. The van der Waals surface area contributed by atoms with Crippen molar-refractivity contribution in [3.63, 3.8) is 0 Å². The van der Waals surface area contributed by atoms with Crippen LogP contribution in [0.1, 0.15) is 22.1 Å². The quantitative estimate of drug-likeness (QED) is 0.870. The van der Waals surface area contributed by atoms with Gasteiger partial charge in [-0.3, -0.25) is 9.69 Å². The molecule has 6 nitrogen and oxygen atoms in total. The molecule has 2 aromatic rings. The summed E-state index contributed by atoms with van der Waals surface area (Å²) >= 11 is 0. The Balaban J connectivity index is 1.69. The van der Waals surface area contributed by atoms with Crippen LogP contribution in [0.4, 0.5) is 0 Å². The summed E-state index contributed by atoms with van der Waals surface area (Å²) in [4.78, 5) is 14.9. The van der Waals surface area contributed by atoms with Crippen LogP contribution >= 0.6 is 0 Å². The normalized spacial score (nSPS) is 16.4. The van der Waals surface area contributed by atoms with E-state index < -0.39 is 0 Å². The summed E-state index contributed by atoms with van der Waals surface area (Å²) in [5.41, 5.74) is 1.82. The first kappa shape index (κ1) is 17.5. The second-order valence-corrected chi connectivity index (χ2v) is 6.15. The summed E-state index contributed by atoms with van der Waals surface area (Å²) in [5, 5.41) is 3.07. The number of hydrogen-bond donors (Lipinski definition) is 1. The Kier molecular flexibility index (Phi) is 5.73. The average molecular weight is 343 g/mol. The fourth-order valence-electron chi connectivity index (χ4n) is 3.16. The van der Waals surface area contributed by atoms with Gasteiger partial charge in [-0.1, -0.05) is 0 Å². The van der Waals surface area contributed by atoms with Crippen molar-refractivity contribution in [1.82, 2.24) is 14.8 Å². The molecule has 1 unspecified atom stereocenters. The van der Waals surface area contributed by atoms with Crippen LogP contribution in [0.25, 0.3) is 0 Å². The summed E-state index contributed by atoms with van der Waals surface area (Å²) in [6, 6.07) is 11.4. The van der Waals surface area contributed by atoms with E-state index in [1.807, 2.05) is 19.3 Å². The Morgan fingerprint density at radius 2 is 1.96 bits per heavy atom. The number of nitrogens with one attached hydrogen (secondary N) is 1. The monoisotopic (exact) mass is 343 g/mol. The Bertz CT molecular complexity index is 690. The lowest BCUT2D eigenvalue weighted by atomic mass is 10.1. The molecule has 1 saturated heterocycles. The number of rotatable bonds is 6. The Labute approximate surface area is 148 Å². The molecule has 1 aliphatic rings. The van der Waals surface area contributed by atoms with Crippen molar-refractivity contribution in [2.75, 3.05) is 40.0 Å². The smallest absolute Gasteiger partial charge is 0.251 e. The summed E-state index contributed by atoms with van der Waals surface area (Å²) in [6.07, 6.45) is 2.04. The van der Waals surface area contributed by atoms with Gasteiger partial charge in [0.2, 0.25) is 0 Å². The number of hydrogen-bond acceptors (Lipinski definition) is 4. The van der Waals surface area contributed by atoms with Gasteiger partial charge in [0.05, 0.1) is 26.4 Å². The van der Waals surface area contributed by atoms with E-state index in [0.29, 0.717) is 12.1 Å². The molecule has 0 bridgehead atoms. The number of morpholine rings is 1. The number of aryl methyl sites for hydroxylation is 1. The zero-order chi connectivity index (χ0) is 17.6. The summed E-state index contributed by atoms with van der Waals surface area (Å²) < 4.78 is 12.7. The molecule has 0 spiro atoms. The van der Waals surface area contributed by atoms with Crippen molar-refractivity contribution in [3.05, 3.63) is 53.9 Å². The van der Waals surface area contributed by atoms with Gasteiger partial charge < -0.3 is 19.4 Å². The lowest BCUT2D eigenvalue weighted by Crippen LogP contribution is -2.44. The Morgan fingerprint density at radius 3 is 2.56 bits per heavy atom. The van der Waals surface area contributed by atoms with E-state index in [0.717, 1.165) is 32.1 Å². The van der Waals surface area contributed by atoms with Crippen LogP contribution in [0.15, 0.2) is 42.6 Å². The zero-order valence-corrected chi connectivity index (χ0v) is 14.8. The molecule has 6 heteroatoms. The minimum absolute atomic E-state index is 0.0740. The van der Waals surface area contributed by atoms with Gasteiger partial charge in [0.15, 0.2) is 0 Å². The second-order valence-electron chi connectivity index (χ2n) is 6.15. The topological polar surface area (TPSA) is 55.7 Å². The third-order valence-electron chi connectivity index (χ3n) is 4.62. The number of nitrogens with zero attached hydrogens (tertiary/aromatic N) is 2. The van der Waals surface area contributed by atoms with Gasteiger partial charge in [0.25, 0.3) is 5.91 Å². The highest BCUT2D eigenvalue weighted by molar-refractivity contribution is 5.94. The van der Waals surface area contributed by atoms with Crippen molar-refractivity contribution >= 4 is 5.91 Å². The van der Waals surface area contributed by atoms with Crippen molar-refractivity contribution in [3.8, 4) is 5.75 Å². The lowest BCUT2D eigenvalue weighted by molar-refractivity contribution is 0.0148. The van der Waals surface area contributed by atoms with Gasteiger partial charge >= 0.3 is 0 Å². The Hall–Kier alpha value is -2.31. The maximum atomic E-state index is 12.5. The third kappa shape index (κ3) is 4.21. The van der Waals surface area contributed by atoms with Gasteiger partial charge in [-0.2, -0.15) is 0 Å². The van der Waals surface area contributed by atoms with Crippen LogP contribution in [0.5, 0.6) is 5.75 Å². The minimum atomic E-state index is -0.0740. The van der Waals surface area contributed by atoms with E-state index in [1.165, 1.54) is 5.69 Å². The van der Waals surface area contributed by atoms with Gasteiger partial charge in [0, 0.05) is 44.1 Å². The highest BCUT2D eigenvalue weighted by Crippen LogP contribution is 2.21.